The summed E-state index contributed by atoms with van der Waals surface area (Å²) in [5.41, 5.74) is 2.33. The highest BCUT2D eigenvalue weighted by atomic mass is 35.5. The van der Waals surface area contributed by atoms with Crippen LogP contribution in [0.3, 0.4) is 0 Å². The molecule has 3 heteroatoms. The van der Waals surface area contributed by atoms with Gasteiger partial charge in [0, 0.05) is 17.5 Å². The highest BCUT2D eigenvalue weighted by Crippen LogP contribution is 2.30. The summed E-state index contributed by atoms with van der Waals surface area (Å²) in [5, 5.41) is 0.734. The van der Waals surface area contributed by atoms with Gasteiger partial charge in [0.05, 0.1) is 6.04 Å². The molecule has 0 unspecified atom stereocenters. The standard InChI is InChI=1S/C19H20ClNO/c1-14(16-7-3-2-4-8-16)21-11-10-17(19(21)22)12-15-6-5-9-18(20)13-15/h2-9,13-14,17H,10-12H2,1H3/t14-,17+/m0/s1. The van der Waals surface area contributed by atoms with Crippen molar-refractivity contribution in [2.45, 2.75) is 25.8 Å². The van der Waals surface area contributed by atoms with Gasteiger partial charge in [0.2, 0.25) is 5.91 Å². The van der Waals surface area contributed by atoms with Crippen LogP contribution in [0.1, 0.15) is 30.5 Å². The Bertz CT molecular complexity index is 655. The summed E-state index contributed by atoms with van der Waals surface area (Å²) in [7, 11) is 0. The molecule has 2 atom stereocenters. The second-order valence-electron chi connectivity index (χ2n) is 5.94. The summed E-state index contributed by atoms with van der Waals surface area (Å²) in [6, 6.07) is 18.2. The quantitative estimate of drug-likeness (QED) is 0.814. The molecule has 1 heterocycles. The fourth-order valence-corrected chi connectivity index (χ4v) is 3.41. The maximum atomic E-state index is 12.7. The maximum Gasteiger partial charge on any atom is 0.226 e. The van der Waals surface area contributed by atoms with Crippen molar-refractivity contribution in [3.05, 3.63) is 70.7 Å². The SMILES string of the molecule is C[C@@H](c1ccccc1)N1CC[C@H](Cc2cccc(Cl)c2)C1=O. The van der Waals surface area contributed by atoms with Gasteiger partial charge >= 0.3 is 0 Å². The molecule has 1 amide bonds. The first-order valence-electron chi connectivity index (χ1n) is 7.75. The number of carbonyl (C=O) groups is 1. The Hall–Kier alpha value is -1.80. The predicted octanol–water partition coefficient (Wildman–Crippen LogP) is 4.49. The van der Waals surface area contributed by atoms with Gasteiger partial charge in [0.15, 0.2) is 0 Å². The Labute approximate surface area is 136 Å². The second kappa shape index (κ2) is 6.53. The molecule has 0 saturated carbocycles. The Balaban J connectivity index is 1.70. The van der Waals surface area contributed by atoms with E-state index in [2.05, 4.69) is 19.1 Å². The van der Waals surface area contributed by atoms with Crippen LogP contribution in [0.4, 0.5) is 0 Å². The molecule has 0 aliphatic carbocycles. The van der Waals surface area contributed by atoms with E-state index in [0.29, 0.717) is 0 Å². The number of halogens is 1. The molecule has 114 valence electrons. The summed E-state index contributed by atoms with van der Waals surface area (Å²) < 4.78 is 0. The van der Waals surface area contributed by atoms with Crippen LogP contribution in [-0.4, -0.2) is 17.4 Å². The highest BCUT2D eigenvalue weighted by molar-refractivity contribution is 6.30. The van der Waals surface area contributed by atoms with Crippen LogP contribution in [-0.2, 0) is 11.2 Å². The van der Waals surface area contributed by atoms with Gasteiger partial charge in [-0.25, -0.2) is 0 Å². The molecule has 1 saturated heterocycles. The lowest BCUT2D eigenvalue weighted by Gasteiger charge is -2.25. The third-order valence-corrected chi connectivity index (χ3v) is 4.71. The van der Waals surface area contributed by atoms with E-state index in [1.54, 1.807) is 0 Å². The molecule has 2 nitrogen and oxygen atoms in total. The first kappa shape index (κ1) is 15.1. The Morgan fingerprint density at radius 1 is 1.18 bits per heavy atom. The summed E-state index contributed by atoms with van der Waals surface area (Å²) in [5.74, 6) is 0.334. The normalized spacial score (nSPS) is 19.5. The minimum Gasteiger partial charge on any atom is -0.336 e. The monoisotopic (exact) mass is 313 g/mol. The number of amides is 1. The number of nitrogens with zero attached hydrogens (tertiary/aromatic N) is 1. The van der Waals surface area contributed by atoms with Crippen LogP contribution in [0.5, 0.6) is 0 Å². The van der Waals surface area contributed by atoms with Gasteiger partial charge in [0.25, 0.3) is 0 Å². The Morgan fingerprint density at radius 3 is 2.68 bits per heavy atom. The molecule has 0 spiro atoms. The van der Waals surface area contributed by atoms with E-state index in [1.807, 2.05) is 47.4 Å². The minimum atomic E-state index is 0.0737. The maximum absolute atomic E-state index is 12.7. The molecule has 2 aromatic rings. The molecule has 1 aliphatic heterocycles. The zero-order valence-electron chi connectivity index (χ0n) is 12.7. The van der Waals surface area contributed by atoms with Crippen molar-refractivity contribution in [2.24, 2.45) is 5.92 Å². The number of carbonyl (C=O) groups excluding carboxylic acids is 1. The van der Waals surface area contributed by atoms with E-state index >= 15 is 0 Å². The molecule has 22 heavy (non-hydrogen) atoms. The summed E-state index contributed by atoms with van der Waals surface area (Å²) in [6.07, 6.45) is 1.69. The molecule has 0 N–H and O–H groups in total. The first-order chi connectivity index (χ1) is 10.6. The van der Waals surface area contributed by atoms with Crippen LogP contribution in [0.15, 0.2) is 54.6 Å². The average molecular weight is 314 g/mol. The topological polar surface area (TPSA) is 20.3 Å². The van der Waals surface area contributed by atoms with Crippen LogP contribution < -0.4 is 0 Å². The lowest BCUT2D eigenvalue weighted by Crippen LogP contribution is -2.30. The van der Waals surface area contributed by atoms with Gasteiger partial charge in [-0.1, -0.05) is 54.1 Å². The van der Waals surface area contributed by atoms with Gasteiger partial charge in [-0.3, -0.25) is 4.79 Å². The Morgan fingerprint density at radius 2 is 1.95 bits per heavy atom. The first-order valence-corrected chi connectivity index (χ1v) is 8.13. The van der Waals surface area contributed by atoms with Crippen LogP contribution in [0, 0.1) is 5.92 Å². The fourth-order valence-electron chi connectivity index (χ4n) is 3.20. The Kier molecular flexibility index (Phi) is 4.49. The van der Waals surface area contributed by atoms with Crippen molar-refractivity contribution >= 4 is 17.5 Å². The van der Waals surface area contributed by atoms with Crippen molar-refractivity contribution in [1.29, 1.82) is 0 Å². The molecule has 0 bridgehead atoms. The zero-order valence-corrected chi connectivity index (χ0v) is 13.5. The number of likely N-dealkylation sites (tertiary alicyclic amines) is 1. The minimum absolute atomic E-state index is 0.0737. The van der Waals surface area contributed by atoms with Crippen molar-refractivity contribution < 1.29 is 4.79 Å². The summed E-state index contributed by atoms with van der Waals surface area (Å²) in [4.78, 5) is 14.7. The smallest absolute Gasteiger partial charge is 0.226 e. The zero-order chi connectivity index (χ0) is 15.5. The molecule has 0 aromatic heterocycles. The largest absolute Gasteiger partial charge is 0.336 e. The van der Waals surface area contributed by atoms with E-state index in [1.165, 1.54) is 5.56 Å². The molecule has 1 aliphatic rings. The van der Waals surface area contributed by atoms with Gasteiger partial charge < -0.3 is 4.90 Å². The number of benzene rings is 2. The van der Waals surface area contributed by atoms with E-state index in [0.717, 1.165) is 30.0 Å². The van der Waals surface area contributed by atoms with Gasteiger partial charge in [-0.05, 0) is 43.0 Å². The second-order valence-corrected chi connectivity index (χ2v) is 6.37. The van der Waals surface area contributed by atoms with Crippen LogP contribution in [0.25, 0.3) is 0 Å². The van der Waals surface area contributed by atoms with Crippen LogP contribution >= 0.6 is 11.6 Å². The van der Waals surface area contributed by atoms with Crippen molar-refractivity contribution in [2.75, 3.05) is 6.54 Å². The van der Waals surface area contributed by atoms with Crippen molar-refractivity contribution in [3.8, 4) is 0 Å². The summed E-state index contributed by atoms with van der Waals surface area (Å²) >= 11 is 6.03. The fraction of sp³-hybridized carbons (Fsp3) is 0.316. The molecule has 0 radical (unpaired) electrons. The van der Waals surface area contributed by atoms with Gasteiger partial charge in [-0.15, -0.1) is 0 Å². The number of rotatable bonds is 4. The summed E-state index contributed by atoms with van der Waals surface area (Å²) in [6.45, 7) is 2.94. The van der Waals surface area contributed by atoms with Gasteiger partial charge in [-0.2, -0.15) is 0 Å². The van der Waals surface area contributed by atoms with E-state index in [-0.39, 0.29) is 17.9 Å². The van der Waals surface area contributed by atoms with E-state index < -0.39 is 0 Å². The molecule has 2 aromatic carbocycles. The van der Waals surface area contributed by atoms with E-state index in [4.69, 9.17) is 11.6 Å². The van der Waals surface area contributed by atoms with Crippen molar-refractivity contribution in [1.82, 2.24) is 4.90 Å². The van der Waals surface area contributed by atoms with Crippen molar-refractivity contribution in [3.63, 3.8) is 0 Å². The predicted molar refractivity (Wildman–Crippen MR) is 89.8 cm³/mol. The van der Waals surface area contributed by atoms with Crippen LogP contribution in [0.2, 0.25) is 5.02 Å². The number of hydrogen-bond donors (Lipinski definition) is 0. The highest BCUT2D eigenvalue weighted by Gasteiger charge is 2.34. The van der Waals surface area contributed by atoms with Gasteiger partial charge in [0.1, 0.15) is 0 Å². The molecular weight excluding hydrogens is 294 g/mol. The molecule has 3 rings (SSSR count). The third-order valence-electron chi connectivity index (χ3n) is 4.47. The number of hydrogen-bond acceptors (Lipinski definition) is 1. The lowest BCUT2D eigenvalue weighted by atomic mass is 9.98. The molecular formula is C19H20ClNO. The third kappa shape index (κ3) is 3.17. The van der Waals surface area contributed by atoms with E-state index in [9.17, 15) is 4.79 Å². The average Bonchev–Trinajstić information content (AvgIpc) is 2.89. The lowest BCUT2D eigenvalue weighted by molar-refractivity contribution is -0.132. The molecule has 1 fully saturated rings.